The summed E-state index contributed by atoms with van der Waals surface area (Å²) in [6, 6.07) is 17.3. The van der Waals surface area contributed by atoms with Gasteiger partial charge in [-0.1, -0.05) is 36.8 Å². The highest BCUT2D eigenvalue weighted by atomic mass is 32.2. The highest BCUT2D eigenvalue weighted by Crippen LogP contribution is 2.28. The fourth-order valence-corrected chi connectivity index (χ4v) is 4.35. The van der Waals surface area contributed by atoms with Gasteiger partial charge in [-0.2, -0.15) is 0 Å². The summed E-state index contributed by atoms with van der Waals surface area (Å²) in [5.41, 5.74) is 3.22. The molecule has 160 valence electrons. The van der Waals surface area contributed by atoms with Crippen LogP contribution in [0.1, 0.15) is 35.4 Å². The van der Waals surface area contributed by atoms with Crippen LogP contribution in [-0.2, 0) is 13.0 Å². The van der Waals surface area contributed by atoms with Gasteiger partial charge in [0.05, 0.1) is 5.69 Å². The first kappa shape index (κ1) is 21.2. The van der Waals surface area contributed by atoms with E-state index in [2.05, 4.69) is 9.88 Å². The maximum absolute atomic E-state index is 13.1. The lowest BCUT2D eigenvalue weighted by molar-refractivity contribution is 0.102. The van der Waals surface area contributed by atoms with Crippen LogP contribution in [0.2, 0.25) is 0 Å². The number of carbonyl (C=O) groups is 2. The minimum absolute atomic E-state index is 0.0362. The second-order valence-electron chi connectivity index (χ2n) is 7.80. The fraction of sp³-hybridized carbons (Fsp3) is 0.292. The number of carbonyl (C=O) groups excluding carboxylic acids is 2. The summed E-state index contributed by atoms with van der Waals surface area (Å²) in [6.45, 7) is 0.881. The van der Waals surface area contributed by atoms with Gasteiger partial charge >= 0.3 is 0 Å². The van der Waals surface area contributed by atoms with Crippen molar-refractivity contribution in [3.63, 3.8) is 0 Å². The highest BCUT2D eigenvalue weighted by molar-refractivity contribution is 8.13. The van der Waals surface area contributed by atoms with E-state index in [0.717, 1.165) is 66.0 Å². The third-order valence-electron chi connectivity index (χ3n) is 5.30. The summed E-state index contributed by atoms with van der Waals surface area (Å²) in [6.07, 6.45) is 4.16. The predicted octanol–water partition coefficient (Wildman–Crippen LogP) is 5.30. The van der Waals surface area contributed by atoms with Gasteiger partial charge in [0.1, 0.15) is 11.5 Å². The highest BCUT2D eigenvalue weighted by Gasteiger charge is 2.24. The first-order valence-electron chi connectivity index (χ1n) is 10.5. The molecule has 0 bridgehead atoms. The molecule has 0 saturated carbocycles. The van der Waals surface area contributed by atoms with Crippen LogP contribution in [0.4, 0.5) is 10.5 Å². The standard InChI is InChI=1S/C24H26N4O2S/c1-27(2)24(30)31-19-14-12-18(13-15-19)25-23(29)21-20-11-7-4-8-16-28(20)22(26-21)17-9-5-3-6-10-17/h3,5-6,9-10,12-15H,4,7-8,11,16H2,1-2H3,(H,25,29). The van der Waals surface area contributed by atoms with Gasteiger partial charge in [-0.05, 0) is 55.3 Å². The average molecular weight is 435 g/mol. The third kappa shape index (κ3) is 4.82. The van der Waals surface area contributed by atoms with Crippen molar-refractivity contribution in [1.82, 2.24) is 14.5 Å². The first-order valence-corrected chi connectivity index (χ1v) is 11.3. The molecule has 2 amide bonds. The Hall–Kier alpha value is -3.06. The van der Waals surface area contributed by atoms with Crippen molar-refractivity contribution >= 4 is 28.6 Å². The molecule has 0 spiro atoms. The molecule has 31 heavy (non-hydrogen) atoms. The van der Waals surface area contributed by atoms with Crippen molar-refractivity contribution in [2.75, 3.05) is 19.4 Å². The van der Waals surface area contributed by atoms with Gasteiger partial charge < -0.3 is 14.8 Å². The van der Waals surface area contributed by atoms with Crippen molar-refractivity contribution in [2.24, 2.45) is 0 Å². The van der Waals surface area contributed by atoms with Crippen molar-refractivity contribution < 1.29 is 9.59 Å². The topological polar surface area (TPSA) is 67.2 Å². The van der Waals surface area contributed by atoms with Crippen LogP contribution in [0.3, 0.4) is 0 Å². The lowest BCUT2D eigenvalue weighted by Crippen LogP contribution is -2.16. The molecule has 2 aromatic carbocycles. The number of thioether (sulfide) groups is 1. The van der Waals surface area contributed by atoms with E-state index in [1.54, 1.807) is 14.1 Å². The van der Waals surface area contributed by atoms with Crippen LogP contribution in [0.5, 0.6) is 0 Å². The van der Waals surface area contributed by atoms with Crippen LogP contribution >= 0.6 is 11.8 Å². The Morgan fingerprint density at radius 3 is 2.45 bits per heavy atom. The molecule has 0 aliphatic carbocycles. The van der Waals surface area contributed by atoms with Crippen molar-refractivity contribution in [2.45, 2.75) is 37.1 Å². The molecule has 0 unspecified atom stereocenters. The normalized spacial score (nSPS) is 13.2. The number of aromatic nitrogens is 2. The van der Waals surface area contributed by atoms with Crippen molar-refractivity contribution in [3.05, 3.63) is 66.0 Å². The second-order valence-corrected chi connectivity index (χ2v) is 8.82. The molecule has 3 aromatic rings. The number of nitrogens with one attached hydrogen (secondary N) is 1. The van der Waals surface area contributed by atoms with Crippen LogP contribution in [0, 0.1) is 0 Å². The number of hydrogen-bond donors (Lipinski definition) is 1. The molecule has 4 rings (SSSR count). The van der Waals surface area contributed by atoms with E-state index in [1.165, 1.54) is 4.90 Å². The Kier molecular flexibility index (Phi) is 6.42. The Morgan fingerprint density at radius 1 is 1.00 bits per heavy atom. The van der Waals surface area contributed by atoms with Crippen LogP contribution in [0.25, 0.3) is 11.4 Å². The number of fused-ring (bicyclic) bond motifs is 1. The molecule has 1 aliphatic heterocycles. The first-order chi connectivity index (χ1) is 15.0. The van der Waals surface area contributed by atoms with Gasteiger partial charge in [0.25, 0.3) is 11.1 Å². The smallest absolute Gasteiger partial charge is 0.285 e. The maximum Gasteiger partial charge on any atom is 0.285 e. The number of imidazole rings is 1. The predicted molar refractivity (Wildman–Crippen MR) is 125 cm³/mol. The van der Waals surface area contributed by atoms with E-state index < -0.39 is 0 Å². The van der Waals surface area contributed by atoms with E-state index in [1.807, 2.05) is 54.6 Å². The fourth-order valence-electron chi connectivity index (χ4n) is 3.70. The summed E-state index contributed by atoms with van der Waals surface area (Å²) < 4.78 is 2.21. The van der Waals surface area contributed by atoms with E-state index in [9.17, 15) is 9.59 Å². The zero-order valence-electron chi connectivity index (χ0n) is 17.8. The van der Waals surface area contributed by atoms with Gasteiger partial charge in [-0.15, -0.1) is 0 Å². The molecule has 0 atom stereocenters. The molecular formula is C24H26N4O2S. The van der Waals surface area contributed by atoms with Gasteiger partial charge in [0.15, 0.2) is 0 Å². The summed E-state index contributed by atoms with van der Waals surface area (Å²) in [7, 11) is 3.45. The minimum atomic E-state index is -0.197. The number of rotatable bonds is 4. The molecule has 2 heterocycles. The largest absolute Gasteiger partial charge is 0.339 e. The number of nitrogens with zero attached hydrogens (tertiary/aromatic N) is 3. The van der Waals surface area contributed by atoms with Crippen molar-refractivity contribution in [3.8, 4) is 11.4 Å². The molecule has 0 radical (unpaired) electrons. The summed E-state index contributed by atoms with van der Waals surface area (Å²) in [4.78, 5) is 32.1. The van der Waals surface area contributed by atoms with E-state index in [4.69, 9.17) is 4.98 Å². The Morgan fingerprint density at radius 2 is 1.74 bits per heavy atom. The maximum atomic E-state index is 13.1. The quantitative estimate of drug-likeness (QED) is 0.566. The van der Waals surface area contributed by atoms with E-state index in [-0.39, 0.29) is 11.1 Å². The zero-order chi connectivity index (χ0) is 21.8. The zero-order valence-corrected chi connectivity index (χ0v) is 18.6. The third-order valence-corrected chi connectivity index (χ3v) is 6.35. The molecule has 1 aliphatic rings. The second kappa shape index (κ2) is 9.39. The SMILES string of the molecule is CN(C)C(=O)Sc1ccc(NC(=O)c2nc(-c3ccccc3)n3c2CCCCC3)cc1. The summed E-state index contributed by atoms with van der Waals surface area (Å²) >= 11 is 1.16. The molecule has 1 aromatic heterocycles. The van der Waals surface area contributed by atoms with Crippen LogP contribution in [0.15, 0.2) is 59.5 Å². The van der Waals surface area contributed by atoms with Gasteiger partial charge in [-0.25, -0.2) is 4.98 Å². The molecule has 0 fully saturated rings. The van der Waals surface area contributed by atoms with Gasteiger partial charge in [0, 0.05) is 36.8 Å². The van der Waals surface area contributed by atoms with Crippen LogP contribution < -0.4 is 5.32 Å². The summed E-state index contributed by atoms with van der Waals surface area (Å²) in [5.74, 6) is 0.661. The monoisotopic (exact) mass is 434 g/mol. The van der Waals surface area contributed by atoms with E-state index >= 15 is 0 Å². The Labute approximate surface area is 186 Å². The lowest BCUT2D eigenvalue weighted by atomic mass is 10.1. The molecule has 0 saturated heterocycles. The molecule has 7 heteroatoms. The number of benzene rings is 2. The van der Waals surface area contributed by atoms with E-state index in [0.29, 0.717) is 11.4 Å². The van der Waals surface area contributed by atoms with Gasteiger partial charge in [-0.3, -0.25) is 9.59 Å². The lowest BCUT2D eigenvalue weighted by Gasteiger charge is -2.10. The van der Waals surface area contributed by atoms with Gasteiger partial charge in [0.2, 0.25) is 0 Å². The molecule has 6 nitrogen and oxygen atoms in total. The molecule has 1 N–H and O–H groups in total. The molecular weight excluding hydrogens is 408 g/mol. The number of anilines is 1. The number of amides is 2. The van der Waals surface area contributed by atoms with Crippen LogP contribution in [-0.4, -0.2) is 39.7 Å². The Balaban J connectivity index is 1.57. The minimum Gasteiger partial charge on any atom is -0.339 e. The summed E-state index contributed by atoms with van der Waals surface area (Å²) in [5, 5.41) is 2.94. The Bertz CT molecular complexity index is 1070. The average Bonchev–Trinajstić information content (AvgIpc) is 2.96. The van der Waals surface area contributed by atoms with Crippen molar-refractivity contribution in [1.29, 1.82) is 0 Å². The number of hydrogen-bond acceptors (Lipinski definition) is 4.